The fourth-order valence-electron chi connectivity index (χ4n) is 1.96. The van der Waals surface area contributed by atoms with Crippen molar-refractivity contribution < 1.29 is 9.59 Å². The van der Waals surface area contributed by atoms with Crippen LogP contribution in [0.15, 0.2) is 29.4 Å². The molecule has 128 valence electrons. The molecule has 2 rings (SSSR count). The maximum atomic E-state index is 11.9. The van der Waals surface area contributed by atoms with Crippen LogP contribution >= 0.6 is 11.8 Å². The fraction of sp³-hybridized carbons (Fsp3) is 0.375. The maximum Gasteiger partial charge on any atom is 0.242 e. The average Bonchev–Trinajstić information content (AvgIpc) is 3.03. The molecule has 1 heterocycles. The van der Waals surface area contributed by atoms with Crippen molar-refractivity contribution in [2.24, 2.45) is 0 Å². The molecule has 0 fully saturated rings. The number of H-pyrrole nitrogens is 1. The van der Waals surface area contributed by atoms with Crippen molar-refractivity contribution in [3.8, 4) is 11.4 Å². The minimum absolute atomic E-state index is 0.148. The van der Waals surface area contributed by atoms with Gasteiger partial charge in [-0.25, -0.2) is 4.98 Å². The molecule has 0 aliphatic heterocycles. The van der Waals surface area contributed by atoms with E-state index in [1.54, 1.807) is 6.92 Å². The number of thioether (sulfide) groups is 1. The number of carbonyl (C=O) groups is 2. The standard InChI is InChI=1S/C16H21N5O2S/c1-4-17-15(23)11(3)18-13(22)9-24-16-19-14(20-21-16)12-7-5-10(2)6-8-12/h5-8,11H,4,9H2,1-3H3,(H,17,23)(H,18,22)(H,19,20,21)/t11-/m0/s1. The van der Waals surface area contributed by atoms with Crippen LogP contribution in [0, 0.1) is 6.92 Å². The van der Waals surface area contributed by atoms with E-state index in [2.05, 4.69) is 25.8 Å². The molecule has 0 radical (unpaired) electrons. The van der Waals surface area contributed by atoms with E-state index in [-0.39, 0.29) is 17.6 Å². The van der Waals surface area contributed by atoms with E-state index < -0.39 is 6.04 Å². The zero-order valence-electron chi connectivity index (χ0n) is 13.9. The molecule has 8 heteroatoms. The molecule has 0 saturated heterocycles. The molecule has 7 nitrogen and oxygen atoms in total. The highest BCUT2D eigenvalue weighted by atomic mass is 32.2. The Morgan fingerprint density at radius 2 is 2.00 bits per heavy atom. The SMILES string of the molecule is CCNC(=O)[C@H](C)NC(=O)CSc1n[nH]c(-c2ccc(C)cc2)n1. The predicted molar refractivity (Wildman–Crippen MR) is 93.6 cm³/mol. The smallest absolute Gasteiger partial charge is 0.242 e. The van der Waals surface area contributed by atoms with Crippen molar-refractivity contribution in [1.29, 1.82) is 0 Å². The molecule has 0 saturated carbocycles. The van der Waals surface area contributed by atoms with Gasteiger partial charge >= 0.3 is 0 Å². The molecule has 2 aromatic rings. The normalized spacial score (nSPS) is 11.8. The second-order valence-electron chi connectivity index (χ2n) is 5.31. The zero-order chi connectivity index (χ0) is 17.5. The number of rotatable bonds is 7. The van der Waals surface area contributed by atoms with Crippen LogP contribution in [-0.2, 0) is 9.59 Å². The van der Waals surface area contributed by atoms with Gasteiger partial charge in [0.1, 0.15) is 6.04 Å². The van der Waals surface area contributed by atoms with E-state index in [0.717, 1.165) is 5.56 Å². The number of hydrogen-bond donors (Lipinski definition) is 3. The monoisotopic (exact) mass is 347 g/mol. The van der Waals surface area contributed by atoms with E-state index in [4.69, 9.17) is 0 Å². The van der Waals surface area contributed by atoms with Gasteiger partial charge in [-0.05, 0) is 20.8 Å². The lowest BCUT2D eigenvalue weighted by atomic mass is 10.1. The Labute approximate surface area is 145 Å². The van der Waals surface area contributed by atoms with E-state index in [1.807, 2.05) is 38.1 Å². The molecule has 2 amide bonds. The molecule has 1 aromatic carbocycles. The molecule has 0 unspecified atom stereocenters. The van der Waals surface area contributed by atoms with Gasteiger partial charge in [0.2, 0.25) is 17.0 Å². The van der Waals surface area contributed by atoms with E-state index in [9.17, 15) is 9.59 Å². The summed E-state index contributed by atoms with van der Waals surface area (Å²) in [5, 5.41) is 12.8. The van der Waals surface area contributed by atoms with Gasteiger partial charge in [-0.2, -0.15) is 0 Å². The van der Waals surface area contributed by atoms with Gasteiger partial charge in [0, 0.05) is 12.1 Å². The first kappa shape index (κ1) is 18.0. The fourth-order valence-corrected chi connectivity index (χ4v) is 2.57. The largest absolute Gasteiger partial charge is 0.355 e. The summed E-state index contributed by atoms with van der Waals surface area (Å²) in [7, 11) is 0. The van der Waals surface area contributed by atoms with Crippen molar-refractivity contribution in [2.75, 3.05) is 12.3 Å². The Balaban J connectivity index is 1.85. The van der Waals surface area contributed by atoms with Gasteiger partial charge in [0.25, 0.3) is 0 Å². The molecule has 1 aromatic heterocycles. The lowest BCUT2D eigenvalue weighted by Gasteiger charge is -2.12. The van der Waals surface area contributed by atoms with Crippen LogP contribution in [0.1, 0.15) is 19.4 Å². The summed E-state index contributed by atoms with van der Waals surface area (Å²) in [5.74, 6) is 0.374. The van der Waals surface area contributed by atoms with Crippen molar-refractivity contribution in [3.05, 3.63) is 29.8 Å². The van der Waals surface area contributed by atoms with Crippen LogP contribution in [0.5, 0.6) is 0 Å². The van der Waals surface area contributed by atoms with Crippen LogP contribution in [0.2, 0.25) is 0 Å². The van der Waals surface area contributed by atoms with Crippen molar-refractivity contribution >= 4 is 23.6 Å². The minimum atomic E-state index is -0.562. The van der Waals surface area contributed by atoms with Gasteiger partial charge < -0.3 is 10.6 Å². The number of benzene rings is 1. The topological polar surface area (TPSA) is 99.8 Å². The number of hydrogen-bond acceptors (Lipinski definition) is 5. The van der Waals surface area contributed by atoms with Crippen molar-refractivity contribution in [3.63, 3.8) is 0 Å². The highest BCUT2D eigenvalue weighted by Crippen LogP contribution is 2.19. The van der Waals surface area contributed by atoms with Crippen LogP contribution in [0.4, 0.5) is 0 Å². The zero-order valence-corrected chi connectivity index (χ0v) is 14.7. The quantitative estimate of drug-likeness (QED) is 0.659. The molecule has 0 spiro atoms. The van der Waals surface area contributed by atoms with E-state index >= 15 is 0 Å². The first-order valence-corrected chi connectivity index (χ1v) is 8.67. The Kier molecular flexibility index (Phi) is 6.36. The van der Waals surface area contributed by atoms with Crippen molar-refractivity contribution in [2.45, 2.75) is 32.0 Å². The highest BCUT2D eigenvalue weighted by molar-refractivity contribution is 7.99. The number of nitrogens with zero attached hydrogens (tertiary/aromatic N) is 2. The third-order valence-corrected chi connectivity index (χ3v) is 4.09. The van der Waals surface area contributed by atoms with Crippen LogP contribution in [0.3, 0.4) is 0 Å². The third kappa shape index (κ3) is 5.09. The summed E-state index contributed by atoms with van der Waals surface area (Å²) in [6, 6.07) is 7.37. The first-order chi connectivity index (χ1) is 11.5. The summed E-state index contributed by atoms with van der Waals surface area (Å²) in [4.78, 5) is 27.8. The predicted octanol–water partition coefficient (Wildman–Crippen LogP) is 1.51. The van der Waals surface area contributed by atoms with E-state index in [0.29, 0.717) is 17.5 Å². The summed E-state index contributed by atoms with van der Waals surface area (Å²) >= 11 is 1.22. The molecular formula is C16H21N5O2S. The average molecular weight is 347 g/mol. The van der Waals surface area contributed by atoms with Crippen LogP contribution in [-0.4, -0.2) is 45.3 Å². The third-order valence-electron chi connectivity index (χ3n) is 3.24. The van der Waals surface area contributed by atoms with Crippen LogP contribution in [0.25, 0.3) is 11.4 Å². The number of carbonyl (C=O) groups excluding carboxylic acids is 2. The second kappa shape index (κ2) is 8.49. The number of aromatic nitrogens is 3. The summed E-state index contributed by atoms with van der Waals surface area (Å²) in [6.07, 6.45) is 0. The number of aryl methyl sites for hydroxylation is 1. The Hall–Kier alpha value is -2.35. The molecule has 0 bridgehead atoms. The molecule has 0 aliphatic rings. The number of likely N-dealkylation sites (N-methyl/N-ethyl adjacent to an activating group) is 1. The molecule has 0 aliphatic carbocycles. The molecule has 24 heavy (non-hydrogen) atoms. The Morgan fingerprint density at radius 3 is 2.67 bits per heavy atom. The lowest BCUT2D eigenvalue weighted by molar-refractivity contribution is -0.127. The maximum absolute atomic E-state index is 11.9. The highest BCUT2D eigenvalue weighted by Gasteiger charge is 2.15. The van der Waals surface area contributed by atoms with E-state index in [1.165, 1.54) is 17.3 Å². The minimum Gasteiger partial charge on any atom is -0.355 e. The molecular weight excluding hydrogens is 326 g/mol. The van der Waals surface area contributed by atoms with Gasteiger partial charge in [0.15, 0.2) is 5.82 Å². The summed E-state index contributed by atoms with van der Waals surface area (Å²) in [6.45, 7) is 6.03. The molecule has 3 N–H and O–H groups in total. The van der Waals surface area contributed by atoms with Gasteiger partial charge in [0.05, 0.1) is 5.75 Å². The number of amides is 2. The van der Waals surface area contributed by atoms with Gasteiger partial charge in [-0.3, -0.25) is 14.7 Å². The summed E-state index contributed by atoms with van der Waals surface area (Å²) < 4.78 is 0. The second-order valence-corrected chi connectivity index (χ2v) is 6.25. The number of nitrogens with one attached hydrogen (secondary N) is 3. The number of aromatic amines is 1. The van der Waals surface area contributed by atoms with Gasteiger partial charge in [-0.1, -0.05) is 41.6 Å². The Bertz CT molecular complexity index is 699. The van der Waals surface area contributed by atoms with Crippen LogP contribution < -0.4 is 10.6 Å². The van der Waals surface area contributed by atoms with Gasteiger partial charge in [-0.15, -0.1) is 5.10 Å². The first-order valence-electron chi connectivity index (χ1n) is 7.69. The van der Waals surface area contributed by atoms with Crippen molar-refractivity contribution in [1.82, 2.24) is 25.8 Å². The Morgan fingerprint density at radius 1 is 1.29 bits per heavy atom. The summed E-state index contributed by atoms with van der Waals surface area (Å²) in [5.41, 5.74) is 2.11. The molecule has 1 atom stereocenters. The lowest BCUT2D eigenvalue weighted by Crippen LogP contribution is -2.45.